The maximum Gasteiger partial charge on any atom is 0.280 e. The van der Waals surface area contributed by atoms with Crippen LogP contribution in [0.2, 0.25) is 0 Å². The molecule has 0 radical (unpaired) electrons. The van der Waals surface area contributed by atoms with Crippen LogP contribution in [0, 0.1) is 18.7 Å². The van der Waals surface area contributed by atoms with Gasteiger partial charge in [-0.15, -0.1) is 0 Å². The Hall–Kier alpha value is -3.24. The van der Waals surface area contributed by atoms with Gasteiger partial charge in [0.1, 0.15) is 12.0 Å². The molecule has 164 valence electrons. The molecule has 4 rings (SSSR count). The average Bonchev–Trinajstić information content (AvgIpc) is 3.23. The van der Waals surface area contributed by atoms with E-state index in [9.17, 15) is 18.0 Å². The van der Waals surface area contributed by atoms with Gasteiger partial charge in [0.05, 0.1) is 24.1 Å². The fraction of sp³-hybridized carbons (Fsp3) is 0.450. The monoisotopic (exact) mass is 434 g/mol. The fourth-order valence-corrected chi connectivity index (χ4v) is 3.93. The summed E-state index contributed by atoms with van der Waals surface area (Å²) in [6.45, 7) is 4.07. The summed E-state index contributed by atoms with van der Waals surface area (Å²) >= 11 is 0. The number of likely N-dealkylation sites (tertiary alicyclic amines) is 1. The predicted octanol–water partition coefficient (Wildman–Crippen LogP) is 3.18. The van der Waals surface area contributed by atoms with Crippen molar-refractivity contribution in [1.82, 2.24) is 29.5 Å². The molecule has 8 nitrogen and oxygen atoms in total. The highest BCUT2D eigenvalue weighted by Crippen LogP contribution is 2.34. The number of piperidine rings is 1. The molecule has 31 heavy (non-hydrogen) atoms. The van der Waals surface area contributed by atoms with Gasteiger partial charge in [-0.25, -0.2) is 27.7 Å². The van der Waals surface area contributed by atoms with E-state index in [1.165, 1.54) is 41.9 Å². The Bertz CT molecular complexity index is 1140. The Kier molecular flexibility index (Phi) is 5.50. The molecule has 3 aromatic heterocycles. The number of fused-ring (bicyclic) bond motifs is 1. The number of pyridine rings is 1. The van der Waals surface area contributed by atoms with Crippen molar-refractivity contribution in [2.24, 2.45) is 5.92 Å². The zero-order valence-corrected chi connectivity index (χ0v) is 17.2. The lowest BCUT2D eigenvalue weighted by atomic mass is 9.84. The van der Waals surface area contributed by atoms with E-state index < -0.39 is 23.8 Å². The predicted molar refractivity (Wildman–Crippen MR) is 104 cm³/mol. The molecule has 2 atom stereocenters. The zero-order valence-electron chi connectivity index (χ0n) is 17.2. The summed E-state index contributed by atoms with van der Waals surface area (Å²) in [5.41, 5.74) is 0.0228. The van der Waals surface area contributed by atoms with Crippen molar-refractivity contribution < 1.29 is 22.7 Å². The van der Waals surface area contributed by atoms with Gasteiger partial charge in [0.15, 0.2) is 5.82 Å². The van der Waals surface area contributed by atoms with Crippen LogP contribution in [0.4, 0.5) is 13.2 Å². The highest BCUT2D eigenvalue weighted by atomic mass is 19.3. The quantitative estimate of drug-likeness (QED) is 0.627. The van der Waals surface area contributed by atoms with Crippen molar-refractivity contribution in [1.29, 1.82) is 0 Å². The number of hydrogen-bond donors (Lipinski definition) is 0. The molecule has 0 aliphatic carbocycles. The number of carbonyl (C=O) groups is 1. The number of aryl methyl sites for hydroxylation is 1. The molecule has 0 bridgehead atoms. The minimum atomic E-state index is -2.77. The Labute approximate surface area is 176 Å². The number of amides is 1. The average molecular weight is 434 g/mol. The second-order valence-corrected chi connectivity index (χ2v) is 7.61. The topological polar surface area (TPSA) is 85.5 Å². The molecule has 1 aliphatic rings. The molecule has 0 unspecified atom stereocenters. The highest BCUT2D eigenvalue weighted by molar-refractivity contribution is 5.95. The van der Waals surface area contributed by atoms with Gasteiger partial charge in [0.2, 0.25) is 5.88 Å². The number of hydrogen-bond acceptors (Lipinski definition) is 6. The third-order valence-corrected chi connectivity index (χ3v) is 5.69. The third kappa shape index (κ3) is 3.79. The van der Waals surface area contributed by atoms with Crippen LogP contribution in [0.5, 0.6) is 5.88 Å². The first-order chi connectivity index (χ1) is 14.8. The van der Waals surface area contributed by atoms with Crippen molar-refractivity contribution in [3.8, 4) is 5.88 Å². The summed E-state index contributed by atoms with van der Waals surface area (Å²) in [6, 6.07) is 2.58. The van der Waals surface area contributed by atoms with E-state index in [0.717, 1.165) is 0 Å². The first-order valence-electron chi connectivity index (χ1n) is 9.79. The SMILES string of the molecule is COc1cc(C(=O)N2CC[C@@H](C)[C@H](c3cc(C(F)F)nc4ncnn34)C2)c(F)c(C)n1. The number of ether oxygens (including phenoxy) is 1. The van der Waals surface area contributed by atoms with Gasteiger partial charge < -0.3 is 9.64 Å². The zero-order chi connectivity index (χ0) is 22.3. The number of nitrogens with zero attached hydrogens (tertiary/aromatic N) is 6. The fourth-order valence-electron chi connectivity index (χ4n) is 3.93. The van der Waals surface area contributed by atoms with E-state index in [2.05, 4.69) is 20.1 Å². The van der Waals surface area contributed by atoms with Gasteiger partial charge in [-0.05, 0) is 25.3 Å². The summed E-state index contributed by atoms with van der Waals surface area (Å²) in [4.78, 5) is 26.4. The second kappa shape index (κ2) is 8.12. The molecule has 1 fully saturated rings. The van der Waals surface area contributed by atoms with E-state index in [4.69, 9.17) is 4.74 Å². The van der Waals surface area contributed by atoms with E-state index in [-0.39, 0.29) is 41.3 Å². The maximum atomic E-state index is 14.6. The molecular formula is C20H21F3N6O2. The Morgan fingerprint density at radius 3 is 2.77 bits per heavy atom. The van der Waals surface area contributed by atoms with Crippen LogP contribution in [0.3, 0.4) is 0 Å². The van der Waals surface area contributed by atoms with Crippen LogP contribution in [0.1, 0.15) is 53.1 Å². The van der Waals surface area contributed by atoms with E-state index >= 15 is 0 Å². The van der Waals surface area contributed by atoms with Gasteiger partial charge in [-0.1, -0.05) is 6.92 Å². The van der Waals surface area contributed by atoms with Crippen molar-refractivity contribution >= 4 is 11.7 Å². The molecule has 4 heterocycles. The lowest BCUT2D eigenvalue weighted by Gasteiger charge is -2.37. The highest BCUT2D eigenvalue weighted by Gasteiger charge is 2.34. The van der Waals surface area contributed by atoms with Gasteiger partial charge in [-0.3, -0.25) is 4.79 Å². The van der Waals surface area contributed by atoms with Crippen molar-refractivity contribution in [3.05, 3.63) is 46.9 Å². The molecule has 1 aliphatic heterocycles. The third-order valence-electron chi connectivity index (χ3n) is 5.69. The van der Waals surface area contributed by atoms with Crippen LogP contribution in [0.25, 0.3) is 5.78 Å². The molecule has 11 heteroatoms. The number of carbonyl (C=O) groups excluding carboxylic acids is 1. The number of rotatable bonds is 4. The van der Waals surface area contributed by atoms with Crippen molar-refractivity contribution in [3.63, 3.8) is 0 Å². The molecule has 0 saturated carbocycles. The van der Waals surface area contributed by atoms with Crippen LogP contribution >= 0.6 is 0 Å². The summed E-state index contributed by atoms with van der Waals surface area (Å²) in [6.07, 6.45) is -0.904. The van der Waals surface area contributed by atoms with E-state index in [0.29, 0.717) is 18.7 Å². The van der Waals surface area contributed by atoms with Gasteiger partial charge in [-0.2, -0.15) is 10.1 Å². The number of halogens is 3. The molecular weight excluding hydrogens is 413 g/mol. The summed E-state index contributed by atoms with van der Waals surface area (Å²) in [7, 11) is 1.39. The molecule has 0 spiro atoms. The standard InChI is InChI=1S/C20H21F3N6O2/c1-10-4-5-28(19(30)12-6-16(31-3)26-11(2)17(12)21)8-13(10)15-7-14(18(22)23)27-20-24-9-25-29(15)20/h6-7,9-10,13,18H,4-5,8H2,1-3H3/t10-,13-/m1/s1. The minimum Gasteiger partial charge on any atom is -0.481 e. The van der Waals surface area contributed by atoms with Crippen molar-refractivity contribution in [2.75, 3.05) is 20.2 Å². The molecule has 0 N–H and O–H groups in total. The summed E-state index contributed by atoms with van der Waals surface area (Å²) in [5.74, 6) is -1.23. The van der Waals surface area contributed by atoms with E-state index in [1.807, 2.05) is 6.92 Å². The van der Waals surface area contributed by atoms with Gasteiger partial charge >= 0.3 is 0 Å². The Morgan fingerprint density at radius 1 is 1.29 bits per heavy atom. The lowest BCUT2D eigenvalue weighted by molar-refractivity contribution is 0.0659. The van der Waals surface area contributed by atoms with Crippen LogP contribution in [-0.4, -0.2) is 55.6 Å². The number of alkyl halides is 2. The number of aromatic nitrogens is 5. The largest absolute Gasteiger partial charge is 0.481 e. The number of methoxy groups -OCH3 is 1. The summed E-state index contributed by atoms with van der Waals surface area (Å²) in [5, 5.41) is 4.12. The summed E-state index contributed by atoms with van der Waals surface area (Å²) < 4.78 is 47.9. The first-order valence-corrected chi connectivity index (χ1v) is 9.79. The smallest absolute Gasteiger partial charge is 0.280 e. The molecule has 1 saturated heterocycles. The Morgan fingerprint density at radius 2 is 2.06 bits per heavy atom. The van der Waals surface area contributed by atoms with Gasteiger partial charge in [0.25, 0.3) is 18.1 Å². The van der Waals surface area contributed by atoms with Crippen LogP contribution in [-0.2, 0) is 0 Å². The lowest BCUT2D eigenvalue weighted by Crippen LogP contribution is -2.43. The Balaban J connectivity index is 1.70. The molecule has 0 aromatic carbocycles. The first kappa shape index (κ1) is 21.0. The minimum absolute atomic E-state index is 0.0599. The molecule has 1 amide bonds. The van der Waals surface area contributed by atoms with Crippen molar-refractivity contribution in [2.45, 2.75) is 32.6 Å². The maximum absolute atomic E-state index is 14.6. The van der Waals surface area contributed by atoms with Crippen LogP contribution in [0.15, 0.2) is 18.5 Å². The molecule has 3 aromatic rings. The van der Waals surface area contributed by atoms with Crippen LogP contribution < -0.4 is 4.74 Å². The van der Waals surface area contributed by atoms with E-state index in [1.54, 1.807) is 0 Å². The van der Waals surface area contributed by atoms with Gasteiger partial charge in [0, 0.05) is 25.1 Å². The second-order valence-electron chi connectivity index (χ2n) is 7.61. The normalized spacial score (nSPS) is 19.3.